The van der Waals surface area contributed by atoms with Crippen molar-refractivity contribution in [2.24, 2.45) is 0 Å². The Balaban J connectivity index is 1.20. The Hall–Kier alpha value is -5.66. The van der Waals surface area contributed by atoms with Crippen molar-refractivity contribution in [2.75, 3.05) is 5.32 Å². The molecule has 0 saturated heterocycles. The minimum atomic E-state index is -0.366. The maximum Gasteiger partial charge on any atom is 0.0722 e. The molecule has 8 rings (SSSR count). The topological polar surface area (TPSA) is 12.0 Å². The highest BCUT2D eigenvalue weighted by Gasteiger charge is 2.51. The SMILES string of the molecule is C=C/C=C\C1=C(C)c2ccccc2[C@]12c1ccccc1-c1c(-c3ccc(Nc4ccc(-c5ccccc5)cc4)cc3)cccc12. The van der Waals surface area contributed by atoms with Gasteiger partial charge in [0.2, 0.25) is 0 Å². The van der Waals surface area contributed by atoms with E-state index in [1.165, 1.54) is 66.8 Å². The lowest BCUT2D eigenvalue weighted by atomic mass is 9.69. The molecule has 0 heterocycles. The van der Waals surface area contributed by atoms with Gasteiger partial charge in [-0.2, -0.15) is 0 Å². The number of nitrogens with one attached hydrogen (secondary N) is 1. The maximum absolute atomic E-state index is 3.99. The molecule has 2 aliphatic carbocycles. The van der Waals surface area contributed by atoms with E-state index >= 15 is 0 Å². The Labute approximate surface area is 265 Å². The summed E-state index contributed by atoms with van der Waals surface area (Å²) in [7, 11) is 0. The van der Waals surface area contributed by atoms with Crippen LogP contribution in [0, 0.1) is 0 Å². The van der Waals surface area contributed by atoms with Crippen LogP contribution in [0.5, 0.6) is 0 Å². The van der Waals surface area contributed by atoms with Crippen LogP contribution in [0.3, 0.4) is 0 Å². The van der Waals surface area contributed by atoms with Crippen LogP contribution in [0.4, 0.5) is 11.4 Å². The minimum absolute atomic E-state index is 0.366. The molecule has 0 aromatic heterocycles. The molecule has 1 N–H and O–H groups in total. The third-order valence-electron chi connectivity index (χ3n) is 9.49. The molecule has 0 fully saturated rings. The van der Waals surface area contributed by atoms with Gasteiger partial charge < -0.3 is 5.32 Å². The standard InChI is InChI=1S/C44H33N/c1-3-4-18-39-30(2)36-15-8-10-19-40(36)44(39)41-20-11-9-16-38(41)43-37(17-12-21-42(43)44)33-24-28-35(29-25-33)45-34-26-22-32(23-27-34)31-13-6-5-7-14-31/h3-29,45H,1H2,2H3/b18-4-/t44-/m0/s1. The molecule has 214 valence electrons. The van der Waals surface area contributed by atoms with Crippen molar-refractivity contribution in [1.29, 1.82) is 0 Å². The largest absolute Gasteiger partial charge is 0.356 e. The lowest BCUT2D eigenvalue weighted by Gasteiger charge is -2.31. The molecule has 0 radical (unpaired) electrons. The Morgan fingerprint density at radius 2 is 1.04 bits per heavy atom. The van der Waals surface area contributed by atoms with Crippen molar-refractivity contribution in [2.45, 2.75) is 12.3 Å². The maximum atomic E-state index is 3.99. The van der Waals surface area contributed by atoms with Crippen LogP contribution in [-0.2, 0) is 5.41 Å². The summed E-state index contributed by atoms with van der Waals surface area (Å²) in [6, 6.07) is 52.7. The zero-order valence-corrected chi connectivity index (χ0v) is 25.3. The zero-order valence-electron chi connectivity index (χ0n) is 25.3. The van der Waals surface area contributed by atoms with Crippen LogP contribution in [-0.4, -0.2) is 0 Å². The van der Waals surface area contributed by atoms with E-state index in [-0.39, 0.29) is 5.41 Å². The van der Waals surface area contributed by atoms with E-state index in [1.54, 1.807) is 0 Å². The van der Waals surface area contributed by atoms with Crippen LogP contribution in [0.25, 0.3) is 39.0 Å². The average Bonchev–Trinajstić information content (AvgIpc) is 3.54. The summed E-state index contributed by atoms with van der Waals surface area (Å²) in [5.74, 6) is 0. The van der Waals surface area contributed by atoms with Gasteiger partial charge in [0.15, 0.2) is 0 Å². The lowest BCUT2D eigenvalue weighted by molar-refractivity contribution is 0.786. The number of anilines is 2. The smallest absolute Gasteiger partial charge is 0.0722 e. The molecule has 0 bridgehead atoms. The Morgan fingerprint density at radius 1 is 0.511 bits per heavy atom. The van der Waals surface area contributed by atoms with Gasteiger partial charge in [-0.1, -0.05) is 146 Å². The molecule has 1 spiro atoms. The van der Waals surface area contributed by atoms with Crippen LogP contribution in [0.2, 0.25) is 0 Å². The fourth-order valence-electron chi connectivity index (χ4n) is 7.55. The second-order valence-corrected chi connectivity index (χ2v) is 11.8. The van der Waals surface area contributed by atoms with Crippen molar-refractivity contribution in [3.8, 4) is 33.4 Å². The highest BCUT2D eigenvalue weighted by atomic mass is 14.9. The second kappa shape index (κ2) is 10.8. The fraction of sp³-hybridized carbons (Fsp3) is 0.0455. The number of hydrogen-bond acceptors (Lipinski definition) is 1. The van der Waals surface area contributed by atoms with Crippen LogP contribution in [0.15, 0.2) is 176 Å². The van der Waals surface area contributed by atoms with Crippen LogP contribution >= 0.6 is 0 Å². The number of hydrogen-bond donors (Lipinski definition) is 1. The minimum Gasteiger partial charge on any atom is -0.356 e. The summed E-state index contributed by atoms with van der Waals surface area (Å²) < 4.78 is 0. The Kier molecular flexibility index (Phi) is 6.47. The molecular formula is C44H33N. The van der Waals surface area contributed by atoms with Crippen molar-refractivity contribution >= 4 is 16.9 Å². The van der Waals surface area contributed by atoms with Gasteiger partial charge in [-0.15, -0.1) is 0 Å². The first-order valence-corrected chi connectivity index (χ1v) is 15.6. The number of fused-ring (bicyclic) bond motifs is 7. The normalized spacial score (nSPS) is 16.1. The molecule has 6 aromatic carbocycles. The molecule has 0 aliphatic heterocycles. The van der Waals surface area contributed by atoms with Gasteiger partial charge in [0, 0.05) is 11.4 Å². The van der Waals surface area contributed by atoms with E-state index in [0.717, 1.165) is 11.4 Å². The van der Waals surface area contributed by atoms with Gasteiger partial charge in [-0.05, 0) is 98.0 Å². The molecule has 1 nitrogen and oxygen atoms in total. The van der Waals surface area contributed by atoms with Gasteiger partial charge in [-0.3, -0.25) is 0 Å². The molecule has 0 unspecified atom stereocenters. The van der Waals surface area contributed by atoms with E-state index in [0.29, 0.717) is 0 Å². The predicted molar refractivity (Wildman–Crippen MR) is 191 cm³/mol. The monoisotopic (exact) mass is 575 g/mol. The molecule has 1 atom stereocenters. The van der Waals surface area contributed by atoms with Crippen LogP contribution < -0.4 is 5.32 Å². The molecule has 0 saturated carbocycles. The van der Waals surface area contributed by atoms with E-state index in [1.807, 2.05) is 12.1 Å². The van der Waals surface area contributed by atoms with Crippen molar-refractivity contribution < 1.29 is 0 Å². The van der Waals surface area contributed by atoms with Gasteiger partial charge in [0.1, 0.15) is 0 Å². The Bertz CT molecular complexity index is 2130. The Morgan fingerprint density at radius 3 is 1.73 bits per heavy atom. The summed E-state index contributed by atoms with van der Waals surface area (Å²) in [5.41, 5.74) is 17.3. The average molecular weight is 576 g/mol. The number of allylic oxidation sites excluding steroid dienone is 5. The molecule has 6 aromatic rings. The van der Waals surface area contributed by atoms with Gasteiger partial charge in [0.25, 0.3) is 0 Å². The zero-order chi connectivity index (χ0) is 30.4. The summed E-state index contributed by atoms with van der Waals surface area (Å²) in [6.07, 6.45) is 6.23. The third-order valence-corrected chi connectivity index (χ3v) is 9.49. The summed E-state index contributed by atoms with van der Waals surface area (Å²) in [4.78, 5) is 0. The summed E-state index contributed by atoms with van der Waals surface area (Å²) >= 11 is 0. The fourth-order valence-corrected chi connectivity index (χ4v) is 7.55. The van der Waals surface area contributed by atoms with E-state index in [9.17, 15) is 0 Å². The number of rotatable bonds is 6. The molecular weight excluding hydrogens is 542 g/mol. The van der Waals surface area contributed by atoms with Gasteiger partial charge in [-0.25, -0.2) is 0 Å². The molecule has 1 heteroatoms. The molecule has 2 aliphatic rings. The van der Waals surface area contributed by atoms with E-state index in [2.05, 4.69) is 170 Å². The quantitative estimate of drug-likeness (QED) is 0.195. The van der Waals surface area contributed by atoms with Crippen molar-refractivity contribution in [1.82, 2.24) is 0 Å². The third kappa shape index (κ3) is 4.16. The van der Waals surface area contributed by atoms with Crippen LogP contribution in [0.1, 0.15) is 29.2 Å². The first kappa shape index (κ1) is 26.9. The lowest BCUT2D eigenvalue weighted by Crippen LogP contribution is -2.26. The summed E-state index contributed by atoms with van der Waals surface area (Å²) in [5, 5.41) is 3.59. The van der Waals surface area contributed by atoms with Crippen molar-refractivity contribution in [3.05, 3.63) is 198 Å². The highest BCUT2D eigenvalue weighted by molar-refractivity contribution is 6.00. The number of benzene rings is 6. The second-order valence-electron chi connectivity index (χ2n) is 11.8. The highest BCUT2D eigenvalue weighted by Crippen LogP contribution is 2.63. The van der Waals surface area contributed by atoms with Gasteiger partial charge in [0.05, 0.1) is 5.41 Å². The van der Waals surface area contributed by atoms with E-state index < -0.39 is 0 Å². The first-order valence-electron chi connectivity index (χ1n) is 15.6. The van der Waals surface area contributed by atoms with Gasteiger partial charge >= 0.3 is 0 Å². The summed E-state index contributed by atoms with van der Waals surface area (Å²) in [6.45, 7) is 6.25. The molecule has 45 heavy (non-hydrogen) atoms. The predicted octanol–water partition coefficient (Wildman–Crippen LogP) is 11.6. The first-order chi connectivity index (χ1) is 22.2. The van der Waals surface area contributed by atoms with E-state index in [4.69, 9.17) is 0 Å². The molecule has 0 amide bonds. The van der Waals surface area contributed by atoms with Crippen molar-refractivity contribution in [3.63, 3.8) is 0 Å².